The van der Waals surface area contributed by atoms with Gasteiger partial charge in [-0.2, -0.15) is 5.26 Å². The zero-order chi connectivity index (χ0) is 16.3. The van der Waals surface area contributed by atoms with Gasteiger partial charge in [0.15, 0.2) is 0 Å². The smallest absolute Gasteiger partial charge is 0.123 e. The first-order chi connectivity index (χ1) is 11.3. The average molecular weight is 374 g/mol. The summed E-state index contributed by atoms with van der Waals surface area (Å²) in [7, 11) is 0. The number of benzene rings is 2. The molecule has 2 aromatic rings. The van der Waals surface area contributed by atoms with Crippen molar-refractivity contribution in [1.82, 2.24) is 5.43 Å². The van der Waals surface area contributed by atoms with Gasteiger partial charge in [-0.05, 0) is 43.2 Å². The molecule has 0 saturated carbocycles. The van der Waals surface area contributed by atoms with Crippen LogP contribution >= 0.6 is 15.9 Å². The van der Waals surface area contributed by atoms with Gasteiger partial charge < -0.3 is 10.2 Å². The van der Waals surface area contributed by atoms with Gasteiger partial charge in [-0.1, -0.05) is 34.1 Å². The molecule has 0 aliphatic rings. The lowest BCUT2D eigenvalue weighted by Gasteiger charge is -2.14. The second kappa shape index (κ2) is 9.88. The summed E-state index contributed by atoms with van der Waals surface area (Å²) < 4.78 is 6.86. The number of nitrogens with one attached hydrogen (secondary N) is 2. The van der Waals surface area contributed by atoms with E-state index in [-0.39, 0.29) is 0 Å². The first kappa shape index (κ1) is 17.3. The lowest BCUT2D eigenvalue weighted by Crippen LogP contribution is -2.21. The molecule has 0 amide bonds. The first-order valence-electron chi connectivity index (χ1n) is 7.61. The standard InChI is InChI=1S/C18H20BrN3O/c19-16-9-10-18(23-12-6-2-5-11-20)15(13-16)14-21-22-17-7-3-1-4-8-17/h1,3-4,7-10,13,21-22H,2,5-6,12,14H2. The number of nitriles is 1. The molecule has 2 N–H and O–H groups in total. The highest BCUT2D eigenvalue weighted by Crippen LogP contribution is 2.23. The topological polar surface area (TPSA) is 57.1 Å². The molecule has 2 aromatic carbocycles. The highest BCUT2D eigenvalue weighted by atomic mass is 79.9. The van der Waals surface area contributed by atoms with Gasteiger partial charge in [-0.3, -0.25) is 0 Å². The van der Waals surface area contributed by atoms with Crippen LogP contribution in [0, 0.1) is 11.3 Å². The largest absolute Gasteiger partial charge is 0.493 e. The van der Waals surface area contributed by atoms with Gasteiger partial charge in [0.05, 0.1) is 12.7 Å². The molecule has 0 aliphatic heterocycles. The van der Waals surface area contributed by atoms with Crippen LogP contribution in [0.15, 0.2) is 53.0 Å². The molecule has 0 bridgehead atoms. The van der Waals surface area contributed by atoms with Crippen LogP contribution < -0.4 is 15.6 Å². The summed E-state index contributed by atoms with van der Waals surface area (Å²) in [4.78, 5) is 0. The summed E-state index contributed by atoms with van der Waals surface area (Å²) >= 11 is 3.50. The van der Waals surface area contributed by atoms with E-state index in [0.29, 0.717) is 19.6 Å². The van der Waals surface area contributed by atoms with Crippen molar-refractivity contribution >= 4 is 21.6 Å². The van der Waals surface area contributed by atoms with E-state index < -0.39 is 0 Å². The van der Waals surface area contributed by atoms with Gasteiger partial charge in [-0.15, -0.1) is 0 Å². The number of hydrazine groups is 1. The van der Waals surface area contributed by atoms with Gasteiger partial charge >= 0.3 is 0 Å². The third-order valence-corrected chi connectivity index (χ3v) is 3.74. The Morgan fingerprint density at radius 2 is 1.91 bits per heavy atom. The second-order valence-corrected chi connectivity index (χ2v) is 5.98. The Morgan fingerprint density at radius 3 is 2.70 bits per heavy atom. The van der Waals surface area contributed by atoms with Crippen LogP contribution in [0.1, 0.15) is 24.8 Å². The molecule has 0 spiro atoms. The molecule has 0 atom stereocenters. The molecule has 0 unspecified atom stereocenters. The summed E-state index contributed by atoms with van der Waals surface area (Å²) in [6, 6.07) is 18.1. The predicted molar refractivity (Wildman–Crippen MR) is 96.0 cm³/mol. The molecular formula is C18H20BrN3O. The van der Waals surface area contributed by atoms with Crippen molar-refractivity contribution in [3.8, 4) is 11.8 Å². The number of para-hydroxylation sites is 1. The van der Waals surface area contributed by atoms with Gasteiger partial charge in [0, 0.05) is 28.7 Å². The molecule has 0 saturated heterocycles. The normalized spacial score (nSPS) is 10.1. The average Bonchev–Trinajstić information content (AvgIpc) is 2.57. The Balaban J connectivity index is 1.86. The fourth-order valence-corrected chi connectivity index (χ4v) is 2.49. The fourth-order valence-electron chi connectivity index (χ4n) is 2.08. The summed E-state index contributed by atoms with van der Waals surface area (Å²) in [6.07, 6.45) is 2.34. The van der Waals surface area contributed by atoms with Gasteiger partial charge in [0.1, 0.15) is 5.75 Å². The number of rotatable bonds is 9. The maximum absolute atomic E-state index is 8.54. The van der Waals surface area contributed by atoms with Crippen molar-refractivity contribution in [2.75, 3.05) is 12.0 Å². The molecule has 4 nitrogen and oxygen atoms in total. The van der Waals surface area contributed by atoms with Gasteiger partial charge in [0.25, 0.3) is 0 Å². The first-order valence-corrected chi connectivity index (χ1v) is 8.41. The SMILES string of the molecule is N#CCCCCOc1ccc(Br)cc1CNNc1ccccc1. The number of hydrogen-bond donors (Lipinski definition) is 2. The minimum absolute atomic E-state index is 0.582. The number of anilines is 1. The quantitative estimate of drug-likeness (QED) is 0.496. The van der Waals surface area contributed by atoms with Gasteiger partial charge in [-0.25, -0.2) is 5.43 Å². The third-order valence-electron chi connectivity index (χ3n) is 3.25. The highest BCUT2D eigenvalue weighted by Gasteiger charge is 2.05. The summed E-state index contributed by atoms with van der Waals surface area (Å²) in [5.74, 6) is 0.868. The lowest BCUT2D eigenvalue weighted by molar-refractivity contribution is 0.304. The summed E-state index contributed by atoms with van der Waals surface area (Å²) in [6.45, 7) is 1.27. The molecule has 5 heteroatoms. The summed E-state index contributed by atoms with van der Waals surface area (Å²) in [5, 5.41) is 8.54. The number of ether oxygens (including phenoxy) is 1. The van der Waals surface area contributed by atoms with Crippen LogP contribution in [0.2, 0.25) is 0 Å². The number of unbranched alkanes of at least 4 members (excludes halogenated alkanes) is 2. The Morgan fingerprint density at radius 1 is 1.09 bits per heavy atom. The number of hydrogen-bond acceptors (Lipinski definition) is 4. The third kappa shape index (κ3) is 6.31. The molecule has 0 aromatic heterocycles. The van der Waals surface area contributed by atoms with E-state index in [2.05, 4.69) is 32.9 Å². The molecule has 2 rings (SSSR count). The van der Waals surface area contributed by atoms with E-state index in [9.17, 15) is 0 Å². The zero-order valence-electron chi connectivity index (χ0n) is 12.9. The van der Waals surface area contributed by atoms with Crippen LogP contribution in [0.25, 0.3) is 0 Å². The second-order valence-electron chi connectivity index (χ2n) is 5.06. The Labute approximate surface area is 145 Å². The molecule has 0 heterocycles. The molecule has 120 valence electrons. The lowest BCUT2D eigenvalue weighted by atomic mass is 10.2. The van der Waals surface area contributed by atoms with Gasteiger partial charge in [0.2, 0.25) is 0 Å². The van der Waals surface area contributed by atoms with E-state index >= 15 is 0 Å². The summed E-state index contributed by atoms with van der Waals surface area (Å²) in [5.41, 5.74) is 8.46. The van der Waals surface area contributed by atoms with Crippen LogP contribution in [0.4, 0.5) is 5.69 Å². The Bertz CT molecular complexity index is 640. The maximum Gasteiger partial charge on any atom is 0.123 e. The van der Waals surface area contributed by atoms with Crippen molar-refractivity contribution in [2.45, 2.75) is 25.8 Å². The fraction of sp³-hybridized carbons (Fsp3) is 0.278. The van der Waals surface area contributed by atoms with Crippen LogP contribution in [0.3, 0.4) is 0 Å². The monoisotopic (exact) mass is 373 g/mol. The van der Waals surface area contributed by atoms with E-state index in [1.54, 1.807) is 0 Å². The Hall–Kier alpha value is -2.03. The van der Waals surface area contributed by atoms with Crippen LogP contribution in [-0.2, 0) is 6.54 Å². The molecule has 0 fully saturated rings. The number of halogens is 1. The maximum atomic E-state index is 8.54. The van der Waals surface area contributed by atoms with E-state index in [0.717, 1.165) is 34.3 Å². The van der Waals surface area contributed by atoms with Crippen molar-refractivity contribution in [3.63, 3.8) is 0 Å². The minimum atomic E-state index is 0.582. The predicted octanol–water partition coefficient (Wildman–Crippen LogP) is 4.64. The van der Waals surface area contributed by atoms with Crippen molar-refractivity contribution < 1.29 is 4.74 Å². The van der Waals surface area contributed by atoms with Crippen molar-refractivity contribution in [1.29, 1.82) is 5.26 Å². The minimum Gasteiger partial charge on any atom is -0.493 e. The number of nitrogens with zero attached hydrogens (tertiary/aromatic N) is 1. The van der Waals surface area contributed by atoms with Crippen LogP contribution in [0.5, 0.6) is 5.75 Å². The molecular weight excluding hydrogens is 354 g/mol. The van der Waals surface area contributed by atoms with Crippen molar-refractivity contribution in [3.05, 3.63) is 58.6 Å². The van der Waals surface area contributed by atoms with Crippen LogP contribution in [-0.4, -0.2) is 6.61 Å². The zero-order valence-corrected chi connectivity index (χ0v) is 14.5. The molecule has 0 radical (unpaired) electrons. The van der Waals surface area contributed by atoms with Crippen molar-refractivity contribution in [2.24, 2.45) is 0 Å². The Kier molecular flexibility index (Phi) is 7.44. The van der Waals surface area contributed by atoms with E-state index in [1.807, 2.05) is 48.5 Å². The van der Waals surface area contributed by atoms with E-state index in [4.69, 9.17) is 10.00 Å². The molecule has 23 heavy (non-hydrogen) atoms. The highest BCUT2D eigenvalue weighted by molar-refractivity contribution is 9.10. The molecule has 0 aliphatic carbocycles. The van der Waals surface area contributed by atoms with E-state index in [1.165, 1.54) is 0 Å².